The lowest BCUT2D eigenvalue weighted by atomic mass is 9.89. The second kappa shape index (κ2) is 10.0. The SMILES string of the molecule is CC(NS(=O)(=O)N1CCC(C(=O)c2ccc(Oc3ccccc3)cc2)CC1)C(=O)NO. The molecule has 9 nitrogen and oxygen atoms in total. The van der Waals surface area contributed by atoms with Crippen molar-refractivity contribution in [1.29, 1.82) is 0 Å². The van der Waals surface area contributed by atoms with Gasteiger partial charge in [0.25, 0.3) is 16.1 Å². The lowest BCUT2D eigenvalue weighted by Gasteiger charge is -2.31. The Labute approximate surface area is 181 Å². The van der Waals surface area contributed by atoms with E-state index in [1.165, 1.54) is 16.7 Å². The molecule has 31 heavy (non-hydrogen) atoms. The number of para-hydroxylation sites is 1. The van der Waals surface area contributed by atoms with Gasteiger partial charge < -0.3 is 4.74 Å². The maximum absolute atomic E-state index is 12.8. The molecule has 0 saturated carbocycles. The van der Waals surface area contributed by atoms with Crippen molar-refractivity contribution in [3.8, 4) is 11.5 Å². The van der Waals surface area contributed by atoms with Crippen molar-refractivity contribution >= 4 is 21.9 Å². The van der Waals surface area contributed by atoms with Crippen LogP contribution >= 0.6 is 0 Å². The molecule has 1 atom stereocenters. The number of carbonyl (C=O) groups excluding carboxylic acids is 2. The minimum absolute atomic E-state index is 0.0377. The number of hydrogen-bond donors (Lipinski definition) is 3. The first-order valence-electron chi connectivity index (χ1n) is 9.88. The van der Waals surface area contributed by atoms with Crippen LogP contribution in [-0.4, -0.2) is 48.8 Å². The molecule has 1 unspecified atom stereocenters. The lowest BCUT2D eigenvalue weighted by molar-refractivity contribution is -0.130. The van der Waals surface area contributed by atoms with Crippen LogP contribution < -0.4 is 14.9 Å². The van der Waals surface area contributed by atoms with Gasteiger partial charge in [0.05, 0.1) is 0 Å². The Morgan fingerprint density at radius 3 is 2.19 bits per heavy atom. The summed E-state index contributed by atoms with van der Waals surface area (Å²) in [5.41, 5.74) is 1.96. The van der Waals surface area contributed by atoms with E-state index in [2.05, 4.69) is 4.72 Å². The lowest BCUT2D eigenvalue weighted by Crippen LogP contribution is -2.51. The number of amides is 1. The molecule has 1 aliphatic heterocycles. The number of ketones is 1. The summed E-state index contributed by atoms with van der Waals surface area (Å²) in [6.45, 7) is 1.65. The Bertz CT molecular complexity index is 1000. The molecule has 0 aliphatic carbocycles. The number of carbonyl (C=O) groups is 2. The number of piperidine rings is 1. The molecule has 0 radical (unpaired) electrons. The molecule has 1 heterocycles. The number of benzene rings is 2. The van der Waals surface area contributed by atoms with Crippen LogP contribution in [0.15, 0.2) is 54.6 Å². The van der Waals surface area contributed by atoms with Gasteiger partial charge in [-0.3, -0.25) is 14.8 Å². The number of hydrogen-bond acceptors (Lipinski definition) is 6. The molecule has 2 aromatic carbocycles. The Kier molecular flexibility index (Phi) is 7.39. The fourth-order valence-corrected chi connectivity index (χ4v) is 4.75. The molecule has 1 amide bonds. The fourth-order valence-electron chi connectivity index (χ4n) is 3.35. The molecular formula is C21H25N3O6S. The summed E-state index contributed by atoms with van der Waals surface area (Å²) >= 11 is 0. The van der Waals surface area contributed by atoms with E-state index in [1.54, 1.807) is 24.3 Å². The summed E-state index contributed by atoms with van der Waals surface area (Å²) in [7, 11) is -3.90. The molecule has 1 aliphatic rings. The Morgan fingerprint density at radius 1 is 1.03 bits per heavy atom. The third-order valence-corrected chi connectivity index (χ3v) is 6.81. The predicted octanol–water partition coefficient (Wildman–Crippen LogP) is 2.10. The van der Waals surface area contributed by atoms with Crippen LogP contribution in [-0.2, 0) is 15.0 Å². The predicted molar refractivity (Wildman–Crippen MR) is 113 cm³/mol. The van der Waals surface area contributed by atoms with Crippen LogP contribution in [0, 0.1) is 5.92 Å². The standard InChI is InChI=1S/C21H25N3O6S/c1-15(21(26)22-27)23-31(28,29)24-13-11-17(12-14-24)20(25)16-7-9-19(10-8-16)30-18-5-3-2-4-6-18/h2-10,15,17,23,27H,11-14H2,1H3,(H,22,26). The second-order valence-corrected chi connectivity index (χ2v) is 9.00. The third-order valence-electron chi connectivity index (χ3n) is 5.11. The van der Waals surface area contributed by atoms with Crippen molar-refractivity contribution in [1.82, 2.24) is 14.5 Å². The van der Waals surface area contributed by atoms with Gasteiger partial charge in [-0.1, -0.05) is 18.2 Å². The van der Waals surface area contributed by atoms with Gasteiger partial charge in [0, 0.05) is 24.6 Å². The molecule has 0 bridgehead atoms. The first kappa shape index (κ1) is 22.9. The smallest absolute Gasteiger partial charge is 0.280 e. The van der Waals surface area contributed by atoms with Crippen molar-refractivity contribution in [2.45, 2.75) is 25.8 Å². The van der Waals surface area contributed by atoms with Crippen LogP contribution in [0.25, 0.3) is 0 Å². The number of hydroxylamine groups is 1. The molecule has 0 aromatic heterocycles. The van der Waals surface area contributed by atoms with Crippen LogP contribution in [0.1, 0.15) is 30.1 Å². The molecule has 1 fully saturated rings. The number of nitrogens with one attached hydrogen (secondary N) is 2. The average Bonchev–Trinajstić information content (AvgIpc) is 2.79. The molecule has 1 saturated heterocycles. The van der Waals surface area contributed by atoms with Gasteiger partial charge in [0.1, 0.15) is 17.5 Å². The maximum Gasteiger partial charge on any atom is 0.280 e. The zero-order chi connectivity index (χ0) is 22.4. The molecule has 10 heteroatoms. The van der Waals surface area contributed by atoms with Crippen molar-refractivity contribution in [2.75, 3.05) is 13.1 Å². The van der Waals surface area contributed by atoms with E-state index in [-0.39, 0.29) is 24.8 Å². The van der Waals surface area contributed by atoms with E-state index in [4.69, 9.17) is 9.94 Å². The monoisotopic (exact) mass is 447 g/mol. The summed E-state index contributed by atoms with van der Waals surface area (Å²) in [4.78, 5) is 24.2. The largest absolute Gasteiger partial charge is 0.457 e. The number of ether oxygens (including phenoxy) is 1. The van der Waals surface area contributed by atoms with Gasteiger partial charge in [0.2, 0.25) is 0 Å². The van der Waals surface area contributed by atoms with Crippen molar-refractivity contribution < 1.29 is 28.0 Å². The zero-order valence-corrected chi connectivity index (χ0v) is 17.8. The maximum atomic E-state index is 12.8. The molecular weight excluding hydrogens is 422 g/mol. The minimum atomic E-state index is -3.90. The van der Waals surface area contributed by atoms with Crippen LogP contribution in [0.2, 0.25) is 0 Å². The normalized spacial score (nSPS) is 16.5. The van der Waals surface area contributed by atoms with Crippen LogP contribution in [0.3, 0.4) is 0 Å². The van der Waals surface area contributed by atoms with Crippen molar-refractivity contribution in [2.24, 2.45) is 5.92 Å². The molecule has 166 valence electrons. The summed E-state index contributed by atoms with van der Waals surface area (Å²) in [5, 5.41) is 8.61. The van der Waals surface area contributed by atoms with E-state index >= 15 is 0 Å². The summed E-state index contributed by atoms with van der Waals surface area (Å²) in [6.07, 6.45) is 0.755. The summed E-state index contributed by atoms with van der Waals surface area (Å²) < 4.78 is 33.9. The average molecular weight is 448 g/mol. The number of Topliss-reactive ketones (excluding diaryl/α,β-unsaturated/α-hetero) is 1. The Balaban J connectivity index is 1.55. The molecule has 3 rings (SSSR count). The Morgan fingerprint density at radius 2 is 1.61 bits per heavy atom. The topological polar surface area (TPSA) is 125 Å². The van der Waals surface area contributed by atoms with Crippen molar-refractivity contribution in [3.05, 3.63) is 60.2 Å². The highest BCUT2D eigenvalue weighted by molar-refractivity contribution is 7.87. The van der Waals surface area contributed by atoms with E-state index in [9.17, 15) is 18.0 Å². The molecule has 0 spiro atoms. The summed E-state index contributed by atoms with van der Waals surface area (Å²) in [6, 6.07) is 15.1. The van der Waals surface area contributed by atoms with Gasteiger partial charge >= 0.3 is 0 Å². The van der Waals surface area contributed by atoms with E-state index in [0.29, 0.717) is 29.9 Å². The molecule has 2 aromatic rings. The molecule has 3 N–H and O–H groups in total. The minimum Gasteiger partial charge on any atom is -0.457 e. The van der Waals surface area contributed by atoms with E-state index in [0.717, 1.165) is 0 Å². The van der Waals surface area contributed by atoms with Gasteiger partial charge in [-0.05, 0) is 56.2 Å². The van der Waals surface area contributed by atoms with Crippen molar-refractivity contribution in [3.63, 3.8) is 0 Å². The van der Waals surface area contributed by atoms with Crippen LogP contribution in [0.5, 0.6) is 11.5 Å². The van der Waals surface area contributed by atoms with E-state index in [1.807, 2.05) is 30.3 Å². The summed E-state index contributed by atoms with van der Waals surface area (Å²) in [5.74, 6) is 0.147. The van der Waals surface area contributed by atoms with E-state index < -0.39 is 22.2 Å². The highest BCUT2D eigenvalue weighted by atomic mass is 32.2. The number of nitrogens with zero attached hydrogens (tertiary/aromatic N) is 1. The van der Waals surface area contributed by atoms with Gasteiger partial charge in [0.15, 0.2) is 5.78 Å². The van der Waals surface area contributed by atoms with Gasteiger partial charge in [-0.25, -0.2) is 5.48 Å². The second-order valence-electron chi connectivity index (χ2n) is 7.30. The third kappa shape index (κ3) is 5.88. The highest BCUT2D eigenvalue weighted by Gasteiger charge is 2.33. The highest BCUT2D eigenvalue weighted by Crippen LogP contribution is 2.26. The van der Waals surface area contributed by atoms with Gasteiger partial charge in [-0.15, -0.1) is 0 Å². The fraction of sp³-hybridized carbons (Fsp3) is 0.333. The Hall–Kier alpha value is -2.79. The number of rotatable bonds is 8. The first-order chi connectivity index (χ1) is 14.8. The quantitative estimate of drug-likeness (QED) is 0.323. The van der Waals surface area contributed by atoms with Gasteiger partial charge in [-0.2, -0.15) is 17.4 Å². The zero-order valence-electron chi connectivity index (χ0n) is 17.0. The van der Waals surface area contributed by atoms with Crippen LogP contribution in [0.4, 0.5) is 0 Å². The first-order valence-corrected chi connectivity index (χ1v) is 11.3.